The Bertz CT molecular complexity index is 792. The number of aromatic carboxylic acids is 1. The Balaban J connectivity index is 1.72. The summed E-state index contributed by atoms with van der Waals surface area (Å²) in [5.41, 5.74) is 2.48. The molecule has 0 radical (unpaired) electrons. The van der Waals surface area contributed by atoms with Gasteiger partial charge in [-0.1, -0.05) is 6.07 Å². The lowest BCUT2D eigenvalue weighted by atomic mass is 10.1. The molecule has 1 aliphatic heterocycles. The molecule has 0 saturated carbocycles. The van der Waals surface area contributed by atoms with Crippen molar-refractivity contribution in [2.45, 2.75) is 6.92 Å². The molecule has 3 N–H and O–H groups in total. The van der Waals surface area contributed by atoms with Crippen LogP contribution in [0.15, 0.2) is 36.4 Å². The molecule has 0 atom stereocenters. The molecule has 118 valence electrons. The SMILES string of the molecule is Cc1ccc(C(=O)O)cc1NC(=S)Nc1ccc2c(c1)OCO2. The van der Waals surface area contributed by atoms with Crippen molar-refractivity contribution in [3.8, 4) is 11.5 Å². The minimum atomic E-state index is -0.984. The number of nitrogens with one attached hydrogen (secondary N) is 2. The topological polar surface area (TPSA) is 79.8 Å². The molecule has 0 amide bonds. The number of benzene rings is 2. The van der Waals surface area contributed by atoms with Gasteiger partial charge in [-0.25, -0.2) is 4.79 Å². The molecule has 1 aliphatic rings. The molecular formula is C16H14N2O4S. The fourth-order valence-corrected chi connectivity index (χ4v) is 2.38. The van der Waals surface area contributed by atoms with Gasteiger partial charge in [0.05, 0.1) is 5.56 Å². The molecule has 2 aromatic rings. The van der Waals surface area contributed by atoms with Crippen LogP contribution < -0.4 is 20.1 Å². The first-order chi connectivity index (χ1) is 11.0. The molecule has 0 spiro atoms. The summed E-state index contributed by atoms with van der Waals surface area (Å²) in [7, 11) is 0. The van der Waals surface area contributed by atoms with E-state index in [1.165, 1.54) is 0 Å². The standard InChI is InChI=1S/C16H14N2O4S/c1-9-2-3-10(15(19)20)6-12(9)18-16(23)17-11-4-5-13-14(7-11)22-8-21-13/h2-7H,8H2,1H3,(H,19,20)(H2,17,18,23). The maximum Gasteiger partial charge on any atom is 0.335 e. The molecule has 0 bridgehead atoms. The Morgan fingerprint density at radius 1 is 1.13 bits per heavy atom. The molecule has 0 saturated heterocycles. The van der Waals surface area contributed by atoms with Crippen molar-refractivity contribution in [1.29, 1.82) is 0 Å². The van der Waals surface area contributed by atoms with Gasteiger partial charge in [-0.2, -0.15) is 0 Å². The van der Waals surface area contributed by atoms with Crippen LogP contribution >= 0.6 is 12.2 Å². The van der Waals surface area contributed by atoms with Gasteiger partial charge in [0, 0.05) is 17.4 Å². The lowest BCUT2D eigenvalue weighted by Gasteiger charge is -2.13. The van der Waals surface area contributed by atoms with Gasteiger partial charge in [-0.05, 0) is 49.0 Å². The monoisotopic (exact) mass is 330 g/mol. The number of thiocarbonyl (C=S) groups is 1. The fourth-order valence-electron chi connectivity index (χ4n) is 2.15. The zero-order valence-corrected chi connectivity index (χ0v) is 13.1. The number of carbonyl (C=O) groups is 1. The summed E-state index contributed by atoms with van der Waals surface area (Å²) < 4.78 is 10.6. The maximum atomic E-state index is 11.0. The van der Waals surface area contributed by atoms with Crippen LogP contribution in [-0.2, 0) is 0 Å². The van der Waals surface area contributed by atoms with E-state index in [1.807, 2.05) is 13.0 Å². The Morgan fingerprint density at radius 2 is 1.91 bits per heavy atom. The number of aryl methyl sites for hydroxylation is 1. The zero-order valence-electron chi connectivity index (χ0n) is 12.3. The average Bonchev–Trinajstić information content (AvgIpc) is 2.96. The predicted octanol–water partition coefficient (Wildman–Crippen LogP) is 3.23. The second kappa shape index (κ2) is 6.13. The van der Waals surface area contributed by atoms with E-state index in [1.54, 1.807) is 30.3 Å². The Labute approximate surface area is 138 Å². The van der Waals surface area contributed by atoms with Gasteiger partial charge in [0.2, 0.25) is 6.79 Å². The zero-order chi connectivity index (χ0) is 16.4. The highest BCUT2D eigenvalue weighted by molar-refractivity contribution is 7.80. The minimum absolute atomic E-state index is 0.198. The highest BCUT2D eigenvalue weighted by Gasteiger charge is 2.14. The van der Waals surface area contributed by atoms with Crippen molar-refractivity contribution in [2.24, 2.45) is 0 Å². The number of ether oxygens (including phenoxy) is 2. The third-order valence-corrected chi connectivity index (χ3v) is 3.57. The summed E-state index contributed by atoms with van der Waals surface area (Å²) in [5, 5.41) is 15.5. The van der Waals surface area contributed by atoms with Crippen LogP contribution in [-0.4, -0.2) is 23.0 Å². The van der Waals surface area contributed by atoms with Gasteiger partial charge in [0.25, 0.3) is 0 Å². The van der Waals surface area contributed by atoms with E-state index in [9.17, 15) is 4.79 Å². The summed E-state index contributed by atoms with van der Waals surface area (Å²) in [4.78, 5) is 11.0. The molecule has 1 heterocycles. The number of hydrogen-bond acceptors (Lipinski definition) is 4. The summed E-state index contributed by atoms with van der Waals surface area (Å²) >= 11 is 5.27. The second-order valence-electron chi connectivity index (χ2n) is 4.98. The highest BCUT2D eigenvalue weighted by Crippen LogP contribution is 2.34. The lowest BCUT2D eigenvalue weighted by molar-refractivity contribution is 0.0697. The third-order valence-electron chi connectivity index (χ3n) is 3.36. The van der Waals surface area contributed by atoms with Crippen molar-refractivity contribution in [3.05, 3.63) is 47.5 Å². The van der Waals surface area contributed by atoms with Crippen LogP contribution in [0.1, 0.15) is 15.9 Å². The Morgan fingerprint density at radius 3 is 2.70 bits per heavy atom. The normalized spacial score (nSPS) is 11.9. The van der Waals surface area contributed by atoms with Crippen LogP contribution in [0.2, 0.25) is 0 Å². The van der Waals surface area contributed by atoms with E-state index in [-0.39, 0.29) is 12.4 Å². The minimum Gasteiger partial charge on any atom is -0.478 e. The van der Waals surface area contributed by atoms with Gasteiger partial charge in [-0.3, -0.25) is 0 Å². The van der Waals surface area contributed by atoms with Crippen molar-refractivity contribution >= 4 is 34.7 Å². The molecule has 3 rings (SSSR count). The molecule has 6 nitrogen and oxygen atoms in total. The van der Waals surface area contributed by atoms with Gasteiger partial charge in [0.1, 0.15) is 0 Å². The van der Waals surface area contributed by atoms with Gasteiger partial charge >= 0.3 is 5.97 Å². The van der Waals surface area contributed by atoms with Crippen LogP contribution in [0.3, 0.4) is 0 Å². The van der Waals surface area contributed by atoms with Crippen molar-refractivity contribution in [3.63, 3.8) is 0 Å². The van der Waals surface area contributed by atoms with Crippen LogP contribution in [0, 0.1) is 6.92 Å². The van der Waals surface area contributed by atoms with E-state index >= 15 is 0 Å². The molecule has 2 aromatic carbocycles. The molecule has 0 aromatic heterocycles. The number of carboxylic acids is 1. The predicted molar refractivity (Wildman–Crippen MR) is 90.5 cm³/mol. The maximum absolute atomic E-state index is 11.0. The molecule has 23 heavy (non-hydrogen) atoms. The van der Waals surface area contributed by atoms with Crippen molar-refractivity contribution < 1.29 is 19.4 Å². The first-order valence-electron chi connectivity index (χ1n) is 6.84. The quantitative estimate of drug-likeness (QED) is 0.746. The van der Waals surface area contributed by atoms with Crippen LogP contribution in [0.5, 0.6) is 11.5 Å². The Kier molecular flexibility index (Phi) is 4.03. The van der Waals surface area contributed by atoms with Crippen molar-refractivity contribution in [1.82, 2.24) is 0 Å². The smallest absolute Gasteiger partial charge is 0.335 e. The lowest BCUT2D eigenvalue weighted by Crippen LogP contribution is -2.19. The largest absolute Gasteiger partial charge is 0.478 e. The van der Waals surface area contributed by atoms with E-state index in [4.69, 9.17) is 26.8 Å². The van der Waals surface area contributed by atoms with E-state index in [0.29, 0.717) is 22.3 Å². The van der Waals surface area contributed by atoms with E-state index in [2.05, 4.69) is 10.6 Å². The fraction of sp³-hybridized carbons (Fsp3) is 0.125. The first-order valence-corrected chi connectivity index (χ1v) is 7.25. The number of fused-ring (bicyclic) bond motifs is 1. The van der Waals surface area contributed by atoms with Gasteiger partial charge in [0.15, 0.2) is 16.6 Å². The summed E-state index contributed by atoms with van der Waals surface area (Å²) in [6, 6.07) is 10.2. The average molecular weight is 330 g/mol. The molecule has 7 heteroatoms. The van der Waals surface area contributed by atoms with Crippen LogP contribution in [0.4, 0.5) is 11.4 Å². The molecule has 0 unspecified atom stereocenters. The molecular weight excluding hydrogens is 316 g/mol. The van der Waals surface area contributed by atoms with Gasteiger partial charge in [-0.15, -0.1) is 0 Å². The third kappa shape index (κ3) is 3.35. The van der Waals surface area contributed by atoms with Gasteiger partial charge < -0.3 is 25.2 Å². The number of rotatable bonds is 3. The second-order valence-corrected chi connectivity index (χ2v) is 5.39. The van der Waals surface area contributed by atoms with Crippen molar-refractivity contribution in [2.75, 3.05) is 17.4 Å². The van der Waals surface area contributed by atoms with E-state index in [0.717, 1.165) is 11.3 Å². The number of anilines is 2. The molecule has 0 aliphatic carbocycles. The number of carboxylic acid groups (broad SMARTS) is 1. The summed E-state index contributed by atoms with van der Waals surface area (Å²) in [6.07, 6.45) is 0. The number of hydrogen-bond donors (Lipinski definition) is 3. The summed E-state index contributed by atoms with van der Waals surface area (Å²) in [5.74, 6) is 0.365. The molecule has 0 fully saturated rings. The Hall–Kier alpha value is -2.80. The highest BCUT2D eigenvalue weighted by atomic mass is 32.1. The van der Waals surface area contributed by atoms with E-state index < -0.39 is 5.97 Å². The van der Waals surface area contributed by atoms with Crippen LogP contribution in [0.25, 0.3) is 0 Å². The summed E-state index contributed by atoms with van der Waals surface area (Å²) in [6.45, 7) is 2.08. The first kappa shape index (κ1) is 15.1.